The Hall–Kier alpha value is -4.87. The number of nitrogens with zero attached hydrogens (tertiary/aromatic N) is 6. The van der Waals surface area contributed by atoms with Crippen molar-refractivity contribution in [3.63, 3.8) is 0 Å². The lowest BCUT2D eigenvalue weighted by atomic mass is 10.1. The topological polar surface area (TPSA) is 100 Å². The number of likely N-dealkylation sites (N-methyl/N-ethyl adjacent to an activating group) is 2. The third-order valence-corrected chi connectivity index (χ3v) is 9.56. The molecule has 0 spiro atoms. The summed E-state index contributed by atoms with van der Waals surface area (Å²) < 4.78 is 30.8. The maximum absolute atomic E-state index is 13.8. The Bertz CT molecular complexity index is 2080. The molecule has 6 rings (SSSR count). The highest BCUT2D eigenvalue weighted by molar-refractivity contribution is 7.89. The molecule has 0 amide bonds. The molecule has 0 radical (unpaired) electrons. The molecule has 11 heteroatoms. The standard InChI is InChI=1S/C34H38N8O2S/c1-35-29-21-25(15-16-31(29)40(4)20-19-39(2)3)36-34-37-32(28-22-41(5)30-14-10-9-13-26(28)30)27-17-18-42(33(27)38-34)45(43,44)23-24-11-7-6-8-12-24/h6-18,21-22,35H,19-20,23H2,1-5H3,(H,36,37,38). The Labute approximate surface area is 264 Å². The predicted octanol–water partition coefficient (Wildman–Crippen LogP) is 5.75. The van der Waals surface area contributed by atoms with Gasteiger partial charge in [-0.15, -0.1) is 0 Å². The third kappa shape index (κ3) is 6.09. The molecule has 3 heterocycles. The Morgan fingerprint density at radius 2 is 1.62 bits per heavy atom. The van der Waals surface area contributed by atoms with Gasteiger partial charge in [-0.3, -0.25) is 0 Å². The highest BCUT2D eigenvalue weighted by Crippen LogP contribution is 2.36. The molecule has 0 aliphatic heterocycles. The van der Waals surface area contributed by atoms with Gasteiger partial charge in [0.15, 0.2) is 5.65 Å². The Morgan fingerprint density at radius 3 is 2.38 bits per heavy atom. The van der Waals surface area contributed by atoms with Crippen molar-refractivity contribution in [2.24, 2.45) is 7.05 Å². The van der Waals surface area contributed by atoms with Crippen molar-refractivity contribution in [1.82, 2.24) is 23.4 Å². The molecule has 0 bridgehead atoms. The zero-order valence-electron chi connectivity index (χ0n) is 26.2. The van der Waals surface area contributed by atoms with Crippen LogP contribution in [-0.2, 0) is 22.8 Å². The lowest BCUT2D eigenvalue weighted by molar-refractivity contribution is 0.416. The molecule has 0 saturated carbocycles. The van der Waals surface area contributed by atoms with Crippen molar-refractivity contribution in [3.8, 4) is 11.3 Å². The Kier molecular flexibility index (Phi) is 8.22. The van der Waals surface area contributed by atoms with Crippen LogP contribution in [-0.4, -0.2) is 73.1 Å². The van der Waals surface area contributed by atoms with Gasteiger partial charge < -0.3 is 25.0 Å². The largest absolute Gasteiger partial charge is 0.386 e. The van der Waals surface area contributed by atoms with E-state index in [1.54, 1.807) is 12.3 Å². The van der Waals surface area contributed by atoms with Crippen LogP contribution in [0.4, 0.5) is 23.0 Å². The Balaban J connectivity index is 1.46. The molecule has 2 N–H and O–H groups in total. The first-order chi connectivity index (χ1) is 21.6. The van der Waals surface area contributed by atoms with Gasteiger partial charge in [-0.25, -0.2) is 17.4 Å². The van der Waals surface area contributed by atoms with E-state index in [0.29, 0.717) is 28.2 Å². The van der Waals surface area contributed by atoms with Crippen LogP contribution in [0.25, 0.3) is 33.2 Å². The molecule has 0 aliphatic carbocycles. The molecular formula is C34H38N8O2S. The number of benzene rings is 3. The van der Waals surface area contributed by atoms with E-state index in [1.165, 1.54) is 3.97 Å². The van der Waals surface area contributed by atoms with Crippen LogP contribution in [0.5, 0.6) is 0 Å². The highest BCUT2D eigenvalue weighted by Gasteiger charge is 2.23. The first kappa shape index (κ1) is 30.2. The van der Waals surface area contributed by atoms with Crippen molar-refractivity contribution < 1.29 is 8.42 Å². The fourth-order valence-electron chi connectivity index (χ4n) is 5.61. The van der Waals surface area contributed by atoms with E-state index in [0.717, 1.165) is 46.6 Å². The maximum Gasteiger partial charge on any atom is 0.244 e. The summed E-state index contributed by atoms with van der Waals surface area (Å²) in [5, 5.41) is 8.35. The van der Waals surface area contributed by atoms with Gasteiger partial charge in [0.2, 0.25) is 16.0 Å². The normalized spacial score (nSPS) is 11.9. The second-order valence-electron chi connectivity index (χ2n) is 11.5. The van der Waals surface area contributed by atoms with Crippen molar-refractivity contribution in [2.45, 2.75) is 5.75 Å². The molecule has 0 saturated heterocycles. The van der Waals surface area contributed by atoms with E-state index >= 15 is 0 Å². The van der Waals surface area contributed by atoms with Gasteiger partial charge in [-0.05, 0) is 50.0 Å². The molecule has 0 atom stereocenters. The number of hydrogen-bond acceptors (Lipinski definition) is 8. The molecular weight excluding hydrogens is 584 g/mol. The van der Waals surface area contributed by atoms with Crippen LogP contribution in [0, 0.1) is 0 Å². The molecule has 3 aromatic heterocycles. The second-order valence-corrected chi connectivity index (χ2v) is 13.3. The number of fused-ring (bicyclic) bond motifs is 2. The summed E-state index contributed by atoms with van der Waals surface area (Å²) in [4.78, 5) is 14.1. The van der Waals surface area contributed by atoms with Crippen LogP contribution >= 0.6 is 0 Å². The summed E-state index contributed by atoms with van der Waals surface area (Å²) in [5.41, 5.74) is 6.42. The minimum absolute atomic E-state index is 0.150. The van der Waals surface area contributed by atoms with E-state index in [4.69, 9.17) is 9.97 Å². The molecule has 6 aromatic rings. The summed E-state index contributed by atoms with van der Waals surface area (Å²) in [5.74, 6) is 0.151. The third-order valence-electron chi connectivity index (χ3n) is 7.97. The van der Waals surface area contributed by atoms with E-state index in [1.807, 2.05) is 74.9 Å². The summed E-state index contributed by atoms with van der Waals surface area (Å²) in [6.07, 6.45) is 3.61. The van der Waals surface area contributed by atoms with Gasteiger partial charge in [0, 0.05) is 74.2 Å². The van der Waals surface area contributed by atoms with Gasteiger partial charge >= 0.3 is 0 Å². The van der Waals surface area contributed by atoms with Gasteiger partial charge in [0.05, 0.1) is 22.8 Å². The lowest BCUT2D eigenvalue weighted by Crippen LogP contribution is -2.28. The van der Waals surface area contributed by atoms with Gasteiger partial charge in [0.25, 0.3) is 0 Å². The number of hydrogen-bond donors (Lipinski definition) is 2. The number of aromatic nitrogens is 4. The van der Waals surface area contributed by atoms with E-state index in [-0.39, 0.29) is 5.75 Å². The minimum atomic E-state index is -3.79. The summed E-state index contributed by atoms with van der Waals surface area (Å²) in [6.45, 7) is 1.80. The number of anilines is 4. The van der Waals surface area contributed by atoms with Crippen molar-refractivity contribution in [1.29, 1.82) is 0 Å². The van der Waals surface area contributed by atoms with Crippen molar-refractivity contribution in [2.75, 3.05) is 56.8 Å². The molecule has 10 nitrogen and oxygen atoms in total. The van der Waals surface area contributed by atoms with E-state index in [2.05, 4.69) is 64.3 Å². The summed E-state index contributed by atoms with van der Waals surface area (Å²) >= 11 is 0. The van der Waals surface area contributed by atoms with Crippen molar-refractivity contribution in [3.05, 3.63) is 96.8 Å². The zero-order valence-corrected chi connectivity index (χ0v) is 27.0. The number of para-hydroxylation sites is 1. The van der Waals surface area contributed by atoms with Gasteiger partial charge in [-0.1, -0.05) is 48.5 Å². The van der Waals surface area contributed by atoms with Crippen LogP contribution in [0.1, 0.15) is 5.56 Å². The summed E-state index contributed by atoms with van der Waals surface area (Å²) in [7, 11) is 6.30. The number of aryl methyl sites for hydroxylation is 1. The molecule has 3 aromatic carbocycles. The van der Waals surface area contributed by atoms with Crippen molar-refractivity contribution >= 4 is 55.0 Å². The fraction of sp³-hybridized carbons (Fsp3) is 0.235. The van der Waals surface area contributed by atoms with E-state index < -0.39 is 10.0 Å². The van der Waals surface area contributed by atoms with Crippen LogP contribution < -0.4 is 15.5 Å². The smallest absolute Gasteiger partial charge is 0.244 e. The molecule has 0 fully saturated rings. The number of nitrogens with one attached hydrogen (secondary N) is 2. The minimum Gasteiger partial charge on any atom is -0.386 e. The molecule has 232 valence electrons. The highest BCUT2D eigenvalue weighted by atomic mass is 32.2. The SMILES string of the molecule is CNc1cc(Nc2nc(-c3cn(C)c4ccccc34)c3ccn(S(=O)(=O)Cc4ccccc4)c3n2)ccc1N(C)CCN(C)C. The Morgan fingerprint density at radius 1 is 0.867 bits per heavy atom. The van der Waals surface area contributed by atoms with Gasteiger partial charge in [0.1, 0.15) is 0 Å². The molecule has 0 aliphatic rings. The quantitative estimate of drug-likeness (QED) is 0.188. The van der Waals surface area contributed by atoms with Gasteiger partial charge in [-0.2, -0.15) is 4.98 Å². The average Bonchev–Trinajstić information content (AvgIpc) is 3.61. The first-order valence-corrected chi connectivity index (χ1v) is 16.4. The maximum atomic E-state index is 13.8. The van der Waals surface area contributed by atoms with Crippen LogP contribution in [0.3, 0.4) is 0 Å². The number of rotatable bonds is 11. The van der Waals surface area contributed by atoms with Crippen LogP contribution in [0.2, 0.25) is 0 Å². The lowest BCUT2D eigenvalue weighted by Gasteiger charge is -2.24. The second kappa shape index (κ2) is 12.3. The molecule has 45 heavy (non-hydrogen) atoms. The average molecular weight is 623 g/mol. The van der Waals surface area contributed by atoms with Crippen LogP contribution in [0.15, 0.2) is 91.3 Å². The monoisotopic (exact) mass is 622 g/mol. The predicted molar refractivity (Wildman–Crippen MR) is 185 cm³/mol. The first-order valence-electron chi connectivity index (χ1n) is 14.8. The van der Waals surface area contributed by atoms with E-state index in [9.17, 15) is 8.42 Å². The zero-order chi connectivity index (χ0) is 31.7. The fourth-order valence-corrected chi connectivity index (χ4v) is 7.01. The molecule has 0 unspecified atom stereocenters. The summed E-state index contributed by atoms with van der Waals surface area (Å²) in [6, 6.07) is 25.1.